The summed E-state index contributed by atoms with van der Waals surface area (Å²) in [4.78, 5) is 11.5. The second-order valence-corrected chi connectivity index (χ2v) is 6.91. The molecule has 1 atom stereocenters. The third-order valence-electron chi connectivity index (χ3n) is 4.70. The van der Waals surface area contributed by atoms with Gasteiger partial charge in [0.2, 0.25) is 0 Å². The molecule has 0 saturated heterocycles. The number of aromatic amines is 1. The Morgan fingerprint density at radius 2 is 1.76 bits per heavy atom. The molecule has 5 nitrogen and oxygen atoms in total. The van der Waals surface area contributed by atoms with E-state index in [1.54, 1.807) is 36.8 Å². The van der Waals surface area contributed by atoms with Gasteiger partial charge in [0.15, 0.2) is 5.96 Å². The highest BCUT2D eigenvalue weighted by Gasteiger charge is 2.13. The number of benzene rings is 2. The molecule has 0 radical (unpaired) electrons. The van der Waals surface area contributed by atoms with Gasteiger partial charge in [0.1, 0.15) is 11.6 Å². The Labute approximate surface area is 169 Å². The van der Waals surface area contributed by atoms with Gasteiger partial charge in [0.25, 0.3) is 0 Å². The van der Waals surface area contributed by atoms with Crippen molar-refractivity contribution in [3.63, 3.8) is 0 Å². The van der Waals surface area contributed by atoms with Crippen LogP contribution < -0.4 is 11.1 Å². The van der Waals surface area contributed by atoms with E-state index in [9.17, 15) is 8.78 Å². The van der Waals surface area contributed by atoms with Gasteiger partial charge in [-0.05, 0) is 54.7 Å². The molecule has 29 heavy (non-hydrogen) atoms. The van der Waals surface area contributed by atoms with Crippen LogP contribution in [0.2, 0.25) is 0 Å². The minimum atomic E-state index is -0.281. The van der Waals surface area contributed by atoms with Crippen molar-refractivity contribution >= 4 is 5.96 Å². The molecule has 4 N–H and O–H groups in total. The summed E-state index contributed by atoms with van der Waals surface area (Å²) < 4.78 is 26.5. The predicted molar refractivity (Wildman–Crippen MR) is 111 cm³/mol. The summed E-state index contributed by atoms with van der Waals surface area (Å²) in [5.41, 5.74) is 9.04. The normalized spacial score (nSPS) is 12.7. The molecule has 3 aromatic rings. The van der Waals surface area contributed by atoms with Gasteiger partial charge in [-0.1, -0.05) is 24.3 Å². The lowest BCUT2D eigenvalue weighted by Gasteiger charge is -2.16. The number of guanidine groups is 1. The Kier molecular flexibility index (Phi) is 7.33. The Morgan fingerprint density at radius 1 is 1.07 bits per heavy atom. The lowest BCUT2D eigenvalue weighted by molar-refractivity contribution is 0.620. The number of halogens is 2. The van der Waals surface area contributed by atoms with Crippen LogP contribution in [-0.2, 0) is 12.8 Å². The lowest BCUT2D eigenvalue weighted by atomic mass is 9.92. The monoisotopic (exact) mass is 397 g/mol. The molecular formula is C22H25F2N5. The number of H-pyrrole nitrogens is 1. The number of hydrogen-bond donors (Lipinski definition) is 3. The fraction of sp³-hybridized carbons (Fsp3) is 0.273. The number of nitrogens with zero attached hydrogens (tertiary/aromatic N) is 2. The molecule has 0 aliphatic carbocycles. The Balaban J connectivity index is 1.58. The van der Waals surface area contributed by atoms with Crippen molar-refractivity contribution in [3.05, 3.63) is 89.5 Å². The van der Waals surface area contributed by atoms with Crippen LogP contribution in [0.1, 0.15) is 29.2 Å². The predicted octanol–water partition coefficient (Wildman–Crippen LogP) is 3.55. The van der Waals surface area contributed by atoms with Gasteiger partial charge in [-0.3, -0.25) is 4.99 Å². The molecule has 0 fully saturated rings. The van der Waals surface area contributed by atoms with E-state index < -0.39 is 0 Å². The molecule has 1 aromatic heterocycles. The fourth-order valence-corrected chi connectivity index (χ4v) is 3.11. The summed E-state index contributed by atoms with van der Waals surface area (Å²) in [6, 6.07) is 12.8. The van der Waals surface area contributed by atoms with E-state index >= 15 is 0 Å². The van der Waals surface area contributed by atoms with Crippen LogP contribution in [0.5, 0.6) is 0 Å². The molecular weight excluding hydrogens is 372 g/mol. The van der Waals surface area contributed by atoms with Gasteiger partial charge in [0, 0.05) is 30.9 Å². The van der Waals surface area contributed by atoms with Crippen molar-refractivity contribution in [3.8, 4) is 0 Å². The highest BCUT2D eigenvalue weighted by molar-refractivity contribution is 5.77. The summed E-state index contributed by atoms with van der Waals surface area (Å²) in [6.07, 6.45) is 5.90. The minimum Gasteiger partial charge on any atom is -0.370 e. The maximum Gasteiger partial charge on any atom is 0.188 e. The van der Waals surface area contributed by atoms with Crippen molar-refractivity contribution in [2.24, 2.45) is 10.7 Å². The summed E-state index contributed by atoms with van der Waals surface area (Å²) >= 11 is 0. The molecule has 0 aliphatic heterocycles. The first-order valence-electron chi connectivity index (χ1n) is 9.61. The second kappa shape index (κ2) is 10.4. The highest BCUT2D eigenvalue weighted by atomic mass is 19.1. The summed E-state index contributed by atoms with van der Waals surface area (Å²) in [7, 11) is 0. The van der Waals surface area contributed by atoms with Gasteiger partial charge in [-0.25, -0.2) is 13.8 Å². The van der Waals surface area contributed by atoms with Gasteiger partial charge >= 0.3 is 0 Å². The number of aryl methyl sites for hydroxylation is 1. The van der Waals surface area contributed by atoms with Crippen molar-refractivity contribution in [1.82, 2.24) is 15.3 Å². The zero-order valence-corrected chi connectivity index (χ0v) is 16.1. The molecule has 0 saturated carbocycles. The van der Waals surface area contributed by atoms with E-state index in [0.717, 1.165) is 29.7 Å². The number of aliphatic imine (C=N–C) groups is 1. The lowest BCUT2D eigenvalue weighted by Crippen LogP contribution is -2.33. The second-order valence-electron chi connectivity index (χ2n) is 6.91. The molecule has 0 amide bonds. The third-order valence-corrected chi connectivity index (χ3v) is 4.70. The summed E-state index contributed by atoms with van der Waals surface area (Å²) in [5.74, 6) is -0.169. The average molecular weight is 397 g/mol. The molecule has 1 heterocycles. The summed E-state index contributed by atoms with van der Waals surface area (Å²) in [6.45, 7) is 1.15. The van der Waals surface area contributed by atoms with Crippen molar-refractivity contribution < 1.29 is 8.78 Å². The van der Waals surface area contributed by atoms with Crippen molar-refractivity contribution in [2.75, 3.05) is 13.1 Å². The van der Waals surface area contributed by atoms with Crippen LogP contribution >= 0.6 is 0 Å². The van der Waals surface area contributed by atoms with Crippen LogP contribution in [0.3, 0.4) is 0 Å². The Bertz CT molecular complexity index is 890. The number of nitrogens with two attached hydrogens (primary N) is 1. The SMILES string of the molecule is NC(=NCC(Cc1ccc(F)cc1)c1ccc(F)cc1)NCCCc1cnc[nH]1. The number of imidazole rings is 1. The minimum absolute atomic E-state index is 0.00593. The number of nitrogens with one attached hydrogen (secondary N) is 2. The average Bonchev–Trinajstić information content (AvgIpc) is 3.24. The third kappa shape index (κ3) is 6.71. The maximum absolute atomic E-state index is 13.3. The van der Waals surface area contributed by atoms with Crippen molar-refractivity contribution in [1.29, 1.82) is 0 Å². The van der Waals surface area contributed by atoms with E-state index in [0.29, 0.717) is 25.5 Å². The molecule has 2 aromatic carbocycles. The quantitative estimate of drug-likeness (QED) is 0.293. The van der Waals surface area contributed by atoms with E-state index in [1.165, 1.54) is 24.3 Å². The van der Waals surface area contributed by atoms with Gasteiger partial charge < -0.3 is 16.0 Å². The smallest absolute Gasteiger partial charge is 0.188 e. The molecule has 0 bridgehead atoms. The summed E-state index contributed by atoms with van der Waals surface area (Å²) in [5, 5.41) is 3.12. The van der Waals surface area contributed by atoms with Crippen LogP contribution in [0.4, 0.5) is 8.78 Å². The Hall–Kier alpha value is -3.22. The fourth-order valence-electron chi connectivity index (χ4n) is 3.11. The van der Waals surface area contributed by atoms with Crippen molar-refractivity contribution in [2.45, 2.75) is 25.2 Å². The van der Waals surface area contributed by atoms with Gasteiger partial charge in [-0.2, -0.15) is 0 Å². The van der Waals surface area contributed by atoms with E-state index in [-0.39, 0.29) is 17.6 Å². The molecule has 7 heteroatoms. The number of rotatable bonds is 9. The first-order valence-corrected chi connectivity index (χ1v) is 9.61. The van der Waals surface area contributed by atoms with Gasteiger partial charge in [0.05, 0.1) is 6.33 Å². The number of hydrogen-bond acceptors (Lipinski definition) is 2. The van der Waals surface area contributed by atoms with E-state index in [2.05, 4.69) is 20.3 Å². The molecule has 0 aliphatic rings. The first-order chi connectivity index (χ1) is 14.1. The maximum atomic E-state index is 13.3. The molecule has 152 valence electrons. The zero-order valence-electron chi connectivity index (χ0n) is 16.1. The van der Waals surface area contributed by atoms with Crippen LogP contribution in [0.25, 0.3) is 0 Å². The van der Waals surface area contributed by atoms with E-state index in [4.69, 9.17) is 5.73 Å². The Morgan fingerprint density at radius 3 is 2.41 bits per heavy atom. The van der Waals surface area contributed by atoms with Gasteiger partial charge in [-0.15, -0.1) is 0 Å². The largest absolute Gasteiger partial charge is 0.370 e. The standard InChI is InChI=1S/C22H25F2N5/c23-19-7-3-16(4-8-19)12-18(17-5-9-20(24)10-6-17)13-28-22(25)27-11-1-2-21-14-26-15-29-21/h3-10,14-15,18H,1-2,11-13H2,(H,26,29)(H3,25,27,28). The topological polar surface area (TPSA) is 79.1 Å². The van der Waals surface area contributed by atoms with Crippen LogP contribution in [0.15, 0.2) is 66.0 Å². The highest BCUT2D eigenvalue weighted by Crippen LogP contribution is 2.22. The van der Waals surface area contributed by atoms with Crippen LogP contribution in [-0.4, -0.2) is 29.0 Å². The van der Waals surface area contributed by atoms with Crippen LogP contribution in [0, 0.1) is 11.6 Å². The molecule has 0 spiro atoms. The number of aromatic nitrogens is 2. The molecule has 3 rings (SSSR count). The first kappa shape index (κ1) is 20.5. The molecule has 1 unspecified atom stereocenters. The zero-order chi connectivity index (χ0) is 20.5. The van der Waals surface area contributed by atoms with E-state index in [1.807, 2.05) is 0 Å².